The third-order valence-corrected chi connectivity index (χ3v) is 4.81. The van der Waals surface area contributed by atoms with E-state index in [-0.39, 0.29) is 41.8 Å². The molecule has 0 unspecified atom stereocenters. The van der Waals surface area contributed by atoms with Crippen LogP contribution >= 0.6 is 0 Å². The van der Waals surface area contributed by atoms with Crippen molar-refractivity contribution in [1.82, 2.24) is 5.32 Å². The van der Waals surface area contributed by atoms with Crippen molar-refractivity contribution in [3.05, 3.63) is 0 Å². The van der Waals surface area contributed by atoms with E-state index in [9.17, 15) is 9.59 Å². The molecule has 1 amide bonds. The van der Waals surface area contributed by atoms with E-state index in [1.165, 1.54) is 14.0 Å². The van der Waals surface area contributed by atoms with Crippen molar-refractivity contribution >= 4 is 17.8 Å². The quantitative estimate of drug-likeness (QED) is 0.362. The lowest BCUT2D eigenvalue weighted by Gasteiger charge is -2.33. The van der Waals surface area contributed by atoms with E-state index in [1.807, 2.05) is 0 Å². The van der Waals surface area contributed by atoms with Gasteiger partial charge in [-0.1, -0.05) is 26.7 Å². The first-order valence-electron chi connectivity index (χ1n) is 8.27. The number of guanidine groups is 1. The maximum atomic E-state index is 11.9. The highest BCUT2D eigenvalue weighted by Crippen LogP contribution is 2.39. The molecular formula is C16H30N4O3. The molecule has 1 saturated carbocycles. The van der Waals surface area contributed by atoms with Crippen LogP contribution in [0.25, 0.3) is 0 Å². The summed E-state index contributed by atoms with van der Waals surface area (Å²) in [6.07, 6.45) is 3.05. The molecule has 1 rings (SSSR count). The molecule has 1 aliphatic carbocycles. The number of hydrogen-bond acceptors (Lipinski definition) is 4. The number of nitrogens with zero attached hydrogens (tertiary/aromatic N) is 1. The van der Waals surface area contributed by atoms with Crippen molar-refractivity contribution in [2.45, 2.75) is 58.5 Å². The van der Waals surface area contributed by atoms with Crippen LogP contribution in [0.5, 0.6) is 0 Å². The zero-order valence-corrected chi connectivity index (χ0v) is 14.5. The van der Waals surface area contributed by atoms with Crippen molar-refractivity contribution < 1.29 is 14.3 Å². The number of ether oxygens (including phenoxy) is 1. The van der Waals surface area contributed by atoms with Gasteiger partial charge in [-0.2, -0.15) is 0 Å². The molecule has 132 valence electrons. The number of aliphatic imine (C=N–C) groups is 1. The minimum absolute atomic E-state index is 0.0108. The number of nitrogens with one attached hydrogen (secondary N) is 1. The zero-order chi connectivity index (χ0) is 17.6. The summed E-state index contributed by atoms with van der Waals surface area (Å²) in [5.41, 5.74) is 11.1. The Morgan fingerprint density at radius 3 is 2.30 bits per heavy atom. The molecule has 0 saturated heterocycles. The van der Waals surface area contributed by atoms with Crippen molar-refractivity contribution in [2.24, 2.45) is 34.2 Å². The molecule has 7 heteroatoms. The molecule has 0 aromatic rings. The van der Waals surface area contributed by atoms with Crippen LogP contribution in [0.15, 0.2) is 4.99 Å². The number of hydrogen-bond donors (Lipinski definition) is 3. The lowest BCUT2D eigenvalue weighted by Crippen LogP contribution is -2.47. The number of carbonyl (C=O) groups excluding carboxylic acids is 2. The Morgan fingerprint density at radius 2 is 1.87 bits per heavy atom. The number of methoxy groups -OCH3 is 1. The van der Waals surface area contributed by atoms with Crippen LogP contribution in [0.2, 0.25) is 0 Å². The molecular weight excluding hydrogens is 296 g/mol. The van der Waals surface area contributed by atoms with Crippen LogP contribution in [0, 0.1) is 17.8 Å². The van der Waals surface area contributed by atoms with Crippen molar-refractivity contribution in [3.8, 4) is 0 Å². The second-order valence-corrected chi connectivity index (χ2v) is 6.28. The van der Waals surface area contributed by atoms with Crippen LogP contribution < -0.4 is 16.8 Å². The summed E-state index contributed by atoms with van der Waals surface area (Å²) in [5, 5.41) is 3.06. The van der Waals surface area contributed by atoms with E-state index < -0.39 is 0 Å². The van der Waals surface area contributed by atoms with Gasteiger partial charge in [-0.05, 0) is 18.8 Å². The molecule has 1 fully saturated rings. The zero-order valence-electron chi connectivity index (χ0n) is 14.5. The maximum Gasteiger partial charge on any atom is 0.308 e. The summed E-state index contributed by atoms with van der Waals surface area (Å²) in [5.74, 6) is -0.200. The van der Waals surface area contributed by atoms with Gasteiger partial charge >= 0.3 is 5.97 Å². The number of carbonyl (C=O) groups is 2. The summed E-state index contributed by atoms with van der Waals surface area (Å²) in [7, 11) is 1.39. The van der Waals surface area contributed by atoms with Crippen molar-refractivity contribution in [1.29, 1.82) is 0 Å². The van der Waals surface area contributed by atoms with Gasteiger partial charge < -0.3 is 21.5 Å². The fourth-order valence-corrected chi connectivity index (χ4v) is 3.74. The molecule has 23 heavy (non-hydrogen) atoms. The Labute approximate surface area is 138 Å². The molecule has 0 bridgehead atoms. The van der Waals surface area contributed by atoms with Gasteiger partial charge in [0.15, 0.2) is 5.96 Å². The molecule has 0 aliphatic heterocycles. The van der Waals surface area contributed by atoms with Gasteiger partial charge in [0.25, 0.3) is 0 Å². The Morgan fingerprint density at radius 1 is 1.26 bits per heavy atom. The monoisotopic (exact) mass is 326 g/mol. The smallest absolute Gasteiger partial charge is 0.308 e. The van der Waals surface area contributed by atoms with E-state index in [1.54, 1.807) is 0 Å². The summed E-state index contributed by atoms with van der Waals surface area (Å²) in [4.78, 5) is 27.9. The van der Waals surface area contributed by atoms with Gasteiger partial charge in [0.2, 0.25) is 5.91 Å². The number of amides is 1. The second-order valence-electron chi connectivity index (χ2n) is 6.28. The summed E-state index contributed by atoms with van der Waals surface area (Å²) in [6, 6.07) is -0.230. The minimum Gasteiger partial charge on any atom is -0.469 e. The molecule has 7 nitrogen and oxygen atoms in total. The van der Waals surface area contributed by atoms with Gasteiger partial charge in [0.1, 0.15) is 0 Å². The molecule has 0 spiro atoms. The first-order chi connectivity index (χ1) is 10.8. The molecule has 4 atom stereocenters. The molecule has 5 N–H and O–H groups in total. The lowest BCUT2D eigenvalue weighted by molar-refractivity contribution is -0.145. The van der Waals surface area contributed by atoms with E-state index >= 15 is 0 Å². The Bertz CT molecular complexity index is 445. The summed E-state index contributed by atoms with van der Waals surface area (Å²) < 4.78 is 4.87. The van der Waals surface area contributed by atoms with Crippen LogP contribution in [0.1, 0.15) is 46.5 Å². The Balaban J connectivity index is 3.09. The molecule has 0 aromatic carbocycles. The third kappa shape index (κ3) is 5.11. The molecule has 1 aliphatic rings. The predicted octanol–water partition coefficient (Wildman–Crippen LogP) is 0.769. The van der Waals surface area contributed by atoms with Crippen LogP contribution in [0.4, 0.5) is 0 Å². The number of esters is 1. The molecule has 0 aromatic heterocycles. The highest BCUT2D eigenvalue weighted by atomic mass is 16.5. The van der Waals surface area contributed by atoms with Crippen molar-refractivity contribution in [3.63, 3.8) is 0 Å². The highest BCUT2D eigenvalue weighted by molar-refractivity contribution is 5.77. The van der Waals surface area contributed by atoms with Crippen molar-refractivity contribution in [2.75, 3.05) is 7.11 Å². The fourth-order valence-electron chi connectivity index (χ4n) is 3.74. The largest absolute Gasteiger partial charge is 0.469 e. The number of nitrogens with two attached hydrogens (primary N) is 2. The van der Waals surface area contributed by atoms with E-state index in [0.717, 1.165) is 12.8 Å². The number of rotatable bonds is 7. The van der Waals surface area contributed by atoms with Gasteiger partial charge in [-0.15, -0.1) is 0 Å². The average Bonchev–Trinajstić information content (AvgIpc) is 2.89. The molecule has 0 radical (unpaired) electrons. The van der Waals surface area contributed by atoms with Gasteiger partial charge in [-0.3, -0.25) is 9.59 Å². The van der Waals surface area contributed by atoms with Crippen LogP contribution in [-0.4, -0.2) is 37.0 Å². The summed E-state index contributed by atoms with van der Waals surface area (Å²) >= 11 is 0. The first-order valence-corrected chi connectivity index (χ1v) is 8.27. The second kappa shape index (κ2) is 8.74. The van der Waals surface area contributed by atoms with Gasteiger partial charge in [0, 0.05) is 18.9 Å². The molecule has 0 heterocycles. The van der Waals surface area contributed by atoms with E-state index in [2.05, 4.69) is 24.2 Å². The topological polar surface area (TPSA) is 120 Å². The first kappa shape index (κ1) is 19.3. The minimum atomic E-state index is -0.241. The lowest BCUT2D eigenvalue weighted by atomic mass is 9.81. The van der Waals surface area contributed by atoms with Crippen LogP contribution in [0.3, 0.4) is 0 Å². The average molecular weight is 326 g/mol. The third-order valence-electron chi connectivity index (χ3n) is 4.81. The fraction of sp³-hybridized carbons (Fsp3) is 0.812. The summed E-state index contributed by atoms with van der Waals surface area (Å²) in [6.45, 7) is 5.72. The van der Waals surface area contributed by atoms with E-state index in [0.29, 0.717) is 18.8 Å². The maximum absolute atomic E-state index is 11.9. The standard InChI is InChI=1S/C16H30N4O3/c1-5-10(6-2)14(19-9(3)21)12-7-11(15(22)23-4)8-13(12)20-16(17)18/h10-14H,5-8H2,1-4H3,(H,19,21)(H4,17,18,20)/t11-,12-,13-,14+/m1/s1. The van der Waals surface area contributed by atoms with Gasteiger partial charge in [-0.25, -0.2) is 4.99 Å². The van der Waals surface area contributed by atoms with E-state index in [4.69, 9.17) is 16.2 Å². The Kier molecular flexibility index (Phi) is 7.32. The predicted molar refractivity (Wildman–Crippen MR) is 89.5 cm³/mol. The van der Waals surface area contributed by atoms with Gasteiger partial charge in [0.05, 0.1) is 19.1 Å². The Hall–Kier alpha value is -1.79. The highest BCUT2D eigenvalue weighted by Gasteiger charge is 2.44. The normalized spacial score (nSPS) is 25.0. The SMILES string of the molecule is CCC(CC)[C@H](NC(C)=O)[C@@H]1C[C@@H](C(=O)OC)C[C@H]1N=C(N)N. The van der Waals surface area contributed by atoms with Crippen LogP contribution in [-0.2, 0) is 14.3 Å².